The normalized spacial score (nSPS) is 11.1. The molecule has 136 valence electrons. The van der Waals surface area contributed by atoms with Gasteiger partial charge in [0.25, 0.3) is 6.43 Å². The minimum Gasteiger partial charge on any atom is -0.462 e. The molecule has 8 heteroatoms. The van der Waals surface area contributed by atoms with E-state index in [0.29, 0.717) is 5.01 Å². The Morgan fingerprint density at radius 1 is 1.38 bits per heavy atom. The van der Waals surface area contributed by atoms with Crippen LogP contribution in [0.5, 0.6) is 0 Å². The maximum absolute atomic E-state index is 13.4. The van der Waals surface area contributed by atoms with Gasteiger partial charge in [-0.2, -0.15) is 5.10 Å². The maximum atomic E-state index is 13.4. The van der Waals surface area contributed by atoms with Crippen molar-refractivity contribution in [3.63, 3.8) is 0 Å². The molecule has 3 rings (SSSR count). The summed E-state index contributed by atoms with van der Waals surface area (Å²) in [5.41, 5.74) is 2.36. The van der Waals surface area contributed by atoms with Gasteiger partial charge in [0.15, 0.2) is 0 Å². The third-order valence-electron chi connectivity index (χ3n) is 3.65. The third kappa shape index (κ3) is 3.96. The molecule has 26 heavy (non-hydrogen) atoms. The first-order valence-corrected chi connectivity index (χ1v) is 8.84. The molecule has 5 nitrogen and oxygen atoms in total. The van der Waals surface area contributed by atoms with Crippen LogP contribution in [0, 0.1) is 6.92 Å². The van der Waals surface area contributed by atoms with Crippen LogP contribution in [0.4, 0.5) is 8.78 Å². The zero-order valence-corrected chi connectivity index (χ0v) is 15.1. The number of aryl methyl sites for hydroxylation is 1. The van der Waals surface area contributed by atoms with Crippen molar-refractivity contribution in [3.05, 3.63) is 58.4 Å². The van der Waals surface area contributed by atoms with Crippen molar-refractivity contribution in [2.75, 3.05) is 6.61 Å². The fourth-order valence-electron chi connectivity index (χ4n) is 2.47. The van der Waals surface area contributed by atoms with Gasteiger partial charge < -0.3 is 4.74 Å². The molecule has 0 spiro atoms. The summed E-state index contributed by atoms with van der Waals surface area (Å²) < 4.78 is 33.2. The number of nitrogens with zero attached hydrogens (tertiary/aromatic N) is 3. The van der Waals surface area contributed by atoms with Gasteiger partial charge in [-0.15, -0.1) is 11.3 Å². The average Bonchev–Trinajstić information content (AvgIpc) is 3.23. The number of halogens is 2. The van der Waals surface area contributed by atoms with Crippen molar-refractivity contribution in [2.24, 2.45) is 0 Å². The summed E-state index contributed by atoms with van der Waals surface area (Å²) in [5.74, 6) is -0.494. The summed E-state index contributed by atoms with van der Waals surface area (Å²) in [5, 5.41) is 4.59. The summed E-state index contributed by atoms with van der Waals surface area (Å²) in [6, 6.07) is 7.56. The first kappa shape index (κ1) is 18.2. The van der Waals surface area contributed by atoms with Crippen molar-refractivity contribution >= 4 is 17.3 Å². The third-order valence-corrected chi connectivity index (χ3v) is 4.80. The molecular weight excluding hydrogens is 360 g/mol. The molecule has 0 radical (unpaired) electrons. The van der Waals surface area contributed by atoms with Gasteiger partial charge in [0.05, 0.1) is 35.5 Å². The minimum absolute atomic E-state index is 0.0569. The predicted octanol–water partition coefficient (Wildman–Crippen LogP) is 4.48. The highest BCUT2D eigenvalue weighted by molar-refractivity contribution is 7.15. The van der Waals surface area contributed by atoms with Crippen LogP contribution >= 0.6 is 11.3 Å². The molecule has 0 aliphatic heterocycles. The van der Waals surface area contributed by atoms with E-state index in [-0.39, 0.29) is 29.3 Å². The van der Waals surface area contributed by atoms with Crippen LogP contribution in [0.15, 0.2) is 36.7 Å². The van der Waals surface area contributed by atoms with E-state index in [4.69, 9.17) is 4.74 Å². The number of alkyl halides is 2. The number of carbonyl (C=O) groups is 1. The Bertz CT molecular complexity index is 921. The van der Waals surface area contributed by atoms with Crippen LogP contribution in [0.3, 0.4) is 0 Å². The number of esters is 1. The van der Waals surface area contributed by atoms with Crippen LogP contribution in [0.25, 0.3) is 10.6 Å². The SMILES string of the molecule is CCOC(=O)c1cnn(Cc2nc(-c3cccc(C)c3)sc2C(F)F)c1. The Hall–Kier alpha value is -2.61. The van der Waals surface area contributed by atoms with Gasteiger partial charge in [-0.3, -0.25) is 4.68 Å². The second-order valence-corrected chi connectivity index (χ2v) is 6.68. The molecule has 0 N–H and O–H groups in total. The highest BCUT2D eigenvalue weighted by Gasteiger charge is 2.21. The number of aromatic nitrogens is 3. The molecule has 0 saturated carbocycles. The molecule has 0 saturated heterocycles. The summed E-state index contributed by atoms with van der Waals surface area (Å²) >= 11 is 0.976. The molecular formula is C18H17F2N3O2S. The Balaban J connectivity index is 1.89. The topological polar surface area (TPSA) is 57.0 Å². The Morgan fingerprint density at radius 2 is 2.19 bits per heavy atom. The van der Waals surface area contributed by atoms with Crippen molar-refractivity contribution in [1.82, 2.24) is 14.8 Å². The van der Waals surface area contributed by atoms with Gasteiger partial charge >= 0.3 is 5.97 Å². The van der Waals surface area contributed by atoms with Gasteiger partial charge in [0, 0.05) is 11.8 Å². The van der Waals surface area contributed by atoms with Crippen LogP contribution < -0.4 is 0 Å². The lowest BCUT2D eigenvalue weighted by Crippen LogP contribution is -2.05. The highest BCUT2D eigenvalue weighted by Crippen LogP contribution is 2.35. The lowest BCUT2D eigenvalue weighted by molar-refractivity contribution is 0.0526. The van der Waals surface area contributed by atoms with E-state index in [9.17, 15) is 13.6 Å². The number of ether oxygens (including phenoxy) is 1. The van der Waals surface area contributed by atoms with Gasteiger partial charge in [0.1, 0.15) is 5.01 Å². The number of rotatable bonds is 6. The number of hydrogen-bond donors (Lipinski definition) is 0. The standard InChI is InChI=1S/C18H17F2N3O2S/c1-3-25-18(24)13-8-21-23(9-13)10-14-15(16(19)20)26-17(22-14)12-6-4-5-11(2)7-12/h4-9,16H,3,10H2,1-2H3. The average molecular weight is 377 g/mol. The fourth-order valence-corrected chi connectivity index (χ4v) is 3.40. The molecule has 0 aliphatic carbocycles. The monoisotopic (exact) mass is 377 g/mol. The first-order valence-electron chi connectivity index (χ1n) is 8.02. The van der Waals surface area contributed by atoms with E-state index in [0.717, 1.165) is 22.5 Å². The summed E-state index contributed by atoms with van der Waals surface area (Å²) in [6.07, 6.45) is 0.202. The van der Waals surface area contributed by atoms with Crippen LogP contribution in [0.1, 0.15) is 39.8 Å². The smallest absolute Gasteiger partial charge is 0.341 e. The van der Waals surface area contributed by atoms with E-state index in [1.165, 1.54) is 17.1 Å². The lowest BCUT2D eigenvalue weighted by atomic mass is 10.1. The van der Waals surface area contributed by atoms with Crippen molar-refractivity contribution in [1.29, 1.82) is 0 Å². The molecule has 0 aliphatic rings. The van der Waals surface area contributed by atoms with Gasteiger partial charge in [-0.25, -0.2) is 18.6 Å². The summed E-state index contributed by atoms with van der Waals surface area (Å²) in [4.78, 5) is 16.0. The van der Waals surface area contributed by atoms with Crippen LogP contribution in [-0.2, 0) is 11.3 Å². The summed E-state index contributed by atoms with van der Waals surface area (Å²) in [6.45, 7) is 3.96. The summed E-state index contributed by atoms with van der Waals surface area (Å²) in [7, 11) is 0. The molecule has 1 aromatic carbocycles. The zero-order valence-electron chi connectivity index (χ0n) is 14.3. The van der Waals surface area contributed by atoms with E-state index in [1.807, 2.05) is 31.2 Å². The van der Waals surface area contributed by atoms with E-state index >= 15 is 0 Å². The highest BCUT2D eigenvalue weighted by atomic mass is 32.1. The largest absolute Gasteiger partial charge is 0.462 e. The Labute approximate surface area is 153 Å². The molecule has 0 amide bonds. The van der Waals surface area contributed by atoms with Crippen molar-refractivity contribution in [3.8, 4) is 10.6 Å². The minimum atomic E-state index is -2.62. The van der Waals surface area contributed by atoms with Gasteiger partial charge in [-0.1, -0.05) is 23.8 Å². The second kappa shape index (κ2) is 7.74. The lowest BCUT2D eigenvalue weighted by Gasteiger charge is -2.01. The molecule has 2 aromatic heterocycles. The Kier molecular flexibility index (Phi) is 5.41. The van der Waals surface area contributed by atoms with E-state index < -0.39 is 12.4 Å². The molecule has 0 fully saturated rings. The number of thiazole rings is 1. The number of carbonyl (C=O) groups excluding carboxylic acids is 1. The molecule has 0 atom stereocenters. The van der Waals surface area contributed by atoms with Crippen LogP contribution in [0.2, 0.25) is 0 Å². The molecule has 0 bridgehead atoms. The van der Waals surface area contributed by atoms with Gasteiger partial charge in [0.2, 0.25) is 0 Å². The quantitative estimate of drug-likeness (QED) is 0.595. The maximum Gasteiger partial charge on any atom is 0.341 e. The fraction of sp³-hybridized carbons (Fsp3) is 0.278. The van der Waals surface area contributed by atoms with Crippen molar-refractivity contribution < 1.29 is 18.3 Å². The van der Waals surface area contributed by atoms with Crippen molar-refractivity contribution in [2.45, 2.75) is 26.8 Å². The van der Waals surface area contributed by atoms with Gasteiger partial charge in [-0.05, 0) is 19.9 Å². The predicted molar refractivity (Wildman–Crippen MR) is 94.5 cm³/mol. The molecule has 3 aromatic rings. The second-order valence-electron chi connectivity index (χ2n) is 5.65. The Morgan fingerprint density at radius 3 is 2.88 bits per heavy atom. The number of benzene rings is 1. The van der Waals surface area contributed by atoms with E-state index in [1.54, 1.807) is 6.92 Å². The molecule has 0 unspecified atom stereocenters. The zero-order chi connectivity index (χ0) is 18.7. The molecule has 2 heterocycles. The van der Waals surface area contributed by atoms with E-state index in [2.05, 4.69) is 10.1 Å². The first-order chi connectivity index (χ1) is 12.5. The number of hydrogen-bond acceptors (Lipinski definition) is 5. The van der Waals surface area contributed by atoms with Crippen LogP contribution in [-0.4, -0.2) is 27.3 Å².